The van der Waals surface area contributed by atoms with E-state index in [9.17, 15) is 10.1 Å². The molecule has 8 heteroatoms. The van der Waals surface area contributed by atoms with Crippen LogP contribution in [0.4, 0.5) is 5.13 Å². The molecule has 0 saturated heterocycles. The molecule has 1 aliphatic carbocycles. The standard InChI is InChI=1S/C22H23N5OS2/c1-12(2)29-22-26-25-21(30-22)27-16-5-4-6-17(28)19(16)18(15(11-23)20(27)24)14-9-7-13(3)8-10-14/h7-10,12,18H,4-6,24H2,1-3H3. The molecule has 1 atom stereocenters. The summed E-state index contributed by atoms with van der Waals surface area (Å²) in [6.07, 6.45) is 1.96. The number of carbonyl (C=O) groups excluding carboxylic acids is 1. The molecule has 1 aromatic carbocycles. The molecule has 6 nitrogen and oxygen atoms in total. The fourth-order valence-electron chi connectivity index (χ4n) is 3.94. The molecule has 2 aliphatic rings. The number of thioether (sulfide) groups is 1. The first-order valence-electron chi connectivity index (χ1n) is 9.93. The number of benzene rings is 1. The van der Waals surface area contributed by atoms with Gasteiger partial charge >= 0.3 is 0 Å². The highest BCUT2D eigenvalue weighted by molar-refractivity contribution is 8.01. The van der Waals surface area contributed by atoms with Gasteiger partial charge in [0.1, 0.15) is 5.82 Å². The second-order valence-electron chi connectivity index (χ2n) is 7.74. The number of nitrogens with two attached hydrogens (primary N) is 1. The van der Waals surface area contributed by atoms with Gasteiger partial charge in [-0.25, -0.2) is 0 Å². The summed E-state index contributed by atoms with van der Waals surface area (Å²) in [4.78, 5) is 14.9. The summed E-state index contributed by atoms with van der Waals surface area (Å²) in [5, 5.41) is 19.6. The van der Waals surface area contributed by atoms with Crippen LogP contribution in [0.5, 0.6) is 0 Å². The van der Waals surface area contributed by atoms with E-state index in [1.54, 1.807) is 16.7 Å². The molecule has 0 amide bonds. The van der Waals surface area contributed by atoms with Crippen molar-refractivity contribution in [2.75, 3.05) is 4.90 Å². The lowest BCUT2D eigenvalue weighted by atomic mass is 9.75. The molecule has 0 fully saturated rings. The molecular weight excluding hydrogens is 414 g/mol. The van der Waals surface area contributed by atoms with Gasteiger partial charge < -0.3 is 5.73 Å². The van der Waals surface area contributed by atoms with Gasteiger partial charge in [0.25, 0.3) is 0 Å². The molecule has 154 valence electrons. The topological polar surface area (TPSA) is 95.9 Å². The normalized spacial score (nSPS) is 19.4. The van der Waals surface area contributed by atoms with Crippen molar-refractivity contribution in [3.05, 3.63) is 58.1 Å². The summed E-state index contributed by atoms with van der Waals surface area (Å²) >= 11 is 3.07. The fraction of sp³-hybridized carbons (Fsp3) is 0.364. The minimum atomic E-state index is -0.438. The zero-order valence-corrected chi connectivity index (χ0v) is 18.8. The van der Waals surface area contributed by atoms with Gasteiger partial charge in [-0.05, 0) is 25.3 Å². The Bertz CT molecular complexity index is 1090. The Balaban J connectivity index is 1.88. The Morgan fingerprint density at radius 2 is 2.00 bits per heavy atom. The highest BCUT2D eigenvalue weighted by atomic mass is 32.2. The van der Waals surface area contributed by atoms with Crippen molar-refractivity contribution in [1.29, 1.82) is 5.26 Å². The average molecular weight is 438 g/mol. The third-order valence-corrected chi connectivity index (χ3v) is 7.24. The van der Waals surface area contributed by atoms with E-state index in [1.807, 2.05) is 31.2 Å². The van der Waals surface area contributed by atoms with Crippen LogP contribution >= 0.6 is 23.1 Å². The van der Waals surface area contributed by atoms with Gasteiger partial charge in [-0.15, -0.1) is 10.2 Å². The van der Waals surface area contributed by atoms with Crippen molar-refractivity contribution >= 4 is 34.0 Å². The van der Waals surface area contributed by atoms with E-state index < -0.39 is 5.92 Å². The summed E-state index contributed by atoms with van der Waals surface area (Å²) in [6, 6.07) is 10.3. The maximum Gasteiger partial charge on any atom is 0.219 e. The predicted octanol–water partition coefficient (Wildman–Crippen LogP) is 4.65. The molecule has 1 aromatic heterocycles. The first-order chi connectivity index (χ1) is 14.4. The third kappa shape index (κ3) is 3.64. The van der Waals surface area contributed by atoms with E-state index >= 15 is 0 Å². The van der Waals surface area contributed by atoms with Crippen molar-refractivity contribution in [1.82, 2.24) is 10.2 Å². The largest absolute Gasteiger partial charge is 0.384 e. The molecule has 4 rings (SSSR count). The Kier molecular flexibility index (Phi) is 5.67. The molecule has 0 spiro atoms. The second-order valence-corrected chi connectivity index (χ2v) is 10.5. The maximum atomic E-state index is 13.1. The minimum absolute atomic E-state index is 0.0772. The molecule has 1 aliphatic heterocycles. The molecule has 30 heavy (non-hydrogen) atoms. The fourth-order valence-corrected chi connectivity index (χ4v) is 6.04. The van der Waals surface area contributed by atoms with Crippen LogP contribution in [0.15, 0.2) is 51.3 Å². The van der Waals surface area contributed by atoms with Crippen LogP contribution in [0, 0.1) is 18.3 Å². The van der Waals surface area contributed by atoms with E-state index in [1.165, 1.54) is 11.3 Å². The monoisotopic (exact) mass is 437 g/mol. The van der Waals surface area contributed by atoms with Gasteiger partial charge in [0.2, 0.25) is 5.13 Å². The van der Waals surface area contributed by atoms with Crippen molar-refractivity contribution in [3.63, 3.8) is 0 Å². The number of carbonyl (C=O) groups is 1. The van der Waals surface area contributed by atoms with Crippen LogP contribution in [0.3, 0.4) is 0 Å². The Morgan fingerprint density at radius 1 is 1.27 bits per heavy atom. The Morgan fingerprint density at radius 3 is 2.67 bits per heavy atom. The number of hydrogen-bond acceptors (Lipinski definition) is 8. The van der Waals surface area contributed by atoms with E-state index in [-0.39, 0.29) is 5.78 Å². The summed E-state index contributed by atoms with van der Waals surface area (Å²) in [6.45, 7) is 6.21. The number of aromatic nitrogens is 2. The summed E-state index contributed by atoms with van der Waals surface area (Å²) in [5.41, 5.74) is 10.5. The Hall–Kier alpha value is -2.63. The van der Waals surface area contributed by atoms with Crippen LogP contribution in [-0.4, -0.2) is 21.2 Å². The molecule has 2 N–H and O–H groups in total. The molecule has 2 aromatic rings. The first-order valence-corrected chi connectivity index (χ1v) is 11.6. The number of hydrogen-bond donors (Lipinski definition) is 1. The molecule has 0 saturated carbocycles. The van der Waals surface area contributed by atoms with Crippen LogP contribution in [0.2, 0.25) is 0 Å². The molecular formula is C22H23N5OS2. The van der Waals surface area contributed by atoms with E-state index in [0.29, 0.717) is 33.8 Å². The van der Waals surface area contributed by atoms with Crippen molar-refractivity contribution in [3.8, 4) is 6.07 Å². The molecule has 2 heterocycles. The number of anilines is 1. The number of nitrogens with zero attached hydrogens (tertiary/aromatic N) is 4. The lowest BCUT2D eigenvalue weighted by Crippen LogP contribution is -2.38. The predicted molar refractivity (Wildman–Crippen MR) is 120 cm³/mol. The highest BCUT2D eigenvalue weighted by Gasteiger charge is 2.41. The van der Waals surface area contributed by atoms with Crippen molar-refractivity contribution < 1.29 is 4.79 Å². The average Bonchev–Trinajstić information content (AvgIpc) is 3.15. The van der Waals surface area contributed by atoms with Gasteiger partial charge in [0, 0.05) is 22.9 Å². The number of aryl methyl sites for hydroxylation is 1. The van der Waals surface area contributed by atoms with Crippen LogP contribution in [-0.2, 0) is 4.79 Å². The number of ketones is 1. The van der Waals surface area contributed by atoms with Crippen molar-refractivity contribution in [2.45, 2.75) is 55.5 Å². The second kappa shape index (κ2) is 8.25. The number of nitriles is 1. The van der Waals surface area contributed by atoms with E-state index in [0.717, 1.165) is 34.0 Å². The van der Waals surface area contributed by atoms with Gasteiger partial charge in [-0.2, -0.15) is 5.26 Å². The van der Waals surface area contributed by atoms with Gasteiger partial charge in [0.05, 0.1) is 17.6 Å². The lowest BCUT2D eigenvalue weighted by molar-refractivity contribution is -0.116. The van der Waals surface area contributed by atoms with Crippen LogP contribution in [0.25, 0.3) is 0 Å². The maximum absolute atomic E-state index is 13.1. The quantitative estimate of drug-likeness (QED) is 0.695. The zero-order chi connectivity index (χ0) is 21.4. The first kappa shape index (κ1) is 20.6. The minimum Gasteiger partial charge on any atom is -0.384 e. The Labute approximate surface area is 184 Å². The van der Waals surface area contributed by atoms with Crippen LogP contribution < -0.4 is 10.6 Å². The van der Waals surface area contributed by atoms with Crippen molar-refractivity contribution in [2.24, 2.45) is 5.73 Å². The van der Waals surface area contributed by atoms with E-state index in [2.05, 4.69) is 30.1 Å². The summed E-state index contributed by atoms with van der Waals surface area (Å²) in [7, 11) is 0. The molecule has 0 bridgehead atoms. The molecule has 1 unspecified atom stereocenters. The SMILES string of the molecule is Cc1ccc(C2C(C#N)=C(N)N(c3nnc(SC(C)C)s3)C3=C2C(=O)CCC3)cc1. The number of Topliss-reactive ketones (excluding diaryl/α,β-unsaturated/α-hetero) is 1. The van der Waals surface area contributed by atoms with Gasteiger partial charge in [-0.1, -0.05) is 66.8 Å². The smallest absolute Gasteiger partial charge is 0.219 e. The van der Waals surface area contributed by atoms with Crippen LogP contribution in [0.1, 0.15) is 50.2 Å². The zero-order valence-electron chi connectivity index (χ0n) is 17.2. The number of rotatable bonds is 4. The van der Waals surface area contributed by atoms with E-state index in [4.69, 9.17) is 5.73 Å². The summed E-state index contributed by atoms with van der Waals surface area (Å²) < 4.78 is 0.844. The van der Waals surface area contributed by atoms with Gasteiger partial charge in [-0.3, -0.25) is 9.69 Å². The summed E-state index contributed by atoms with van der Waals surface area (Å²) in [5.74, 6) is -0.0192. The van der Waals surface area contributed by atoms with Gasteiger partial charge in [0.15, 0.2) is 10.1 Å². The highest BCUT2D eigenvalue weighted by Crippen LogP contribution is 2.47. The number of allylic oxidation sites excluding steroid dienone is 3. The lowest BCUT2D eigenvalue weighted by Gasteiger charge is -2.38. The third-order valence-electron chi connectivity index (χ3n) is 5.25. The molecule has 0 radical (unpaired) electrons.